The first-order valence-corrected chi connectivity index (χ1v) is 7.30. The SMILES string of the molecule is CCC(=O)c1ccc2c(c1)N(C(CC)C(=O)O)C(=O)C(C)O2. The third-order valence-electron chi connectivity index (χ3n) is 3.73. The molecule has 2 rings (SSSR count). The number of ether oxygens (including phenoxy) is 1. The molecule has 22 heavy (non-hydrogen) atoms. The van der Waals surface area contributed by atoms with E-state index in [4.69, 9.17) is 4.74 Å². The monoisotopic (exact) mass is 305 g/mol. The van der Waals surface area contributed by atoms with Crippen molar-refractivity contribution >= 4 is 23.3 Å². The number of carbonyl (C=O) groups is 3. The summed E-state index contributed by atoms with van der Waals surface area (Å²) in [6.07, 6.45) is -0.159. The van der Waals surface area contributed by atoms with Crippen LogP contribution in [0.2, 0.25) is 0 Å². The highest BCUT2D eigenvalue weighted by Gasteiger charge is 2.38. The van der Waals surface area contributed by atoms with Crippen LogP contribution >= 0.6 is 0 Å². The molecule has 1 aliphatic rings. The second kappa shape index (κ2) is 6.17. The minimum atomic E-state index is -1.08. The molecule has 0 saturated heterocycles. The third-order valence-corrected chi connectivity index (χ3v) is 3.73. The van der Waals surface area contributed by atoms with Crippen LogP contribution in [0.15, 0.2) is 18.2 Å². The van der Waals surface area contributed by atoms with Crippen LogP contribution in [0.1, 0.15) is 44.0 Å². The topological polar surface area (TPSA) is 83.9 Å². The van der Waals surface area contributed by atoms with Crippen molar-refractivity contribution in [3.8, 4) is 5.75 Å². The van der Waals surface area contributed by atoms with Gasteiger partial charge in [0.2, 0.25) is 0 Å². The van der Waals surface area contributed by atoms with Crippen LogP contribution in [0, 0.1) is 0 Å². The Morgan fingerprint density at radius 3 is 2.59 bits per heavy atom. The van der Waals surface area contributed by atoms with Gasteiger partial charge in [-0.15, -0.1) is 0 Å². The van der Waals surface area contributed by atoms with Crippen LogP contribution in [0.5, 0.6) is 5.75 Å². The summed E-state index contributed by atoms with van der Waals surface area (Å²) >= 11 is 0. The third kappa shape index (κ3) is 2.68. The summed E-state index contributed by atoms with van der Waals surface area (Å²) in [5, 5.41) is 9.38. The molecule has 1 heterocycles. The molecule has 1 N–H and O–H groups in total. The maximum atomic E-state index is 12.4. The lowest BCUT2D eigenvalue weighted by Crippen LogP contribution is -2.52. The largest absolute Gasteiger partial charge is 0.480 e. The van der Waals surface area contributed by atoms with Crippen LogP contribution in [0.3, 0.4) is 0 Å². The van der Waals surface area contributed by atoms with Gasteiger partial charge in [0.15, 0.2) is 11.9 Å². The maximum absolute atomic E-state index is 12.4. The predicted molar refractivity (Wildman–Crippen MR) is 80.4 cm³/mol. The Balaban J connectivity index is 2.57. The van der Waals surface area contributed by atoms with Crippen LogP contribution in [-0.2, 0) is 9.59 Å². The first-order chi connectivity index (χ1) is 10.4. The van der Waals surface area contributed by atoms with Crippen LogP contribution in [0.25, 0.3) is 0 Å². The van der Waals surface area contributed by atoms with Gasteiger partial charge in [-0.3, -0.25) is 14.5 Å². The van der Waals surface area contributed by atoms with Gasteiger partial charge in [-0.05, 0) is 31.5 Å². The molecule has 0 bridgehead atoms. The van der Waals surface area contributed by atoms with Gasteiger partial charge in [-0.1, -0.05) is 13.8 Å². The van der Waals surface area contributed by atoms with Crippen LogP contribution < -0.4 is 9.64 Å². The fourth-order valence-electron chi connectivity index (χ4n) is 2.53. The van der Waals surface area contributed by atoms with Crippen molar-refractivity contribution in [2.24, 2.45) is 0 Å². The lowest BCUT2D eigenvalue weighted by atomic mass is 10.0. The molecule has 2 atom stereocenters. The number of anilines is 1. The lowest BCUT2D eigenvalue weighted by Gasteiger charge is -2.36. The van der Waals surface area contributed by atoms with Crippen molar-refractivity contribution in [2.45, 2.75) is 45.8 Å². The minimum absolute atomic E-state index is 0.0720. The van der Waals surface area contributed by atoms with Gasteiger partial charge in [-0.25, -0.2) is 4.79 Å². The number of fused-ring (bicyclic) bond motifs is 1. The highest BCUT2D eigenvalue weighted by atomic mass is 16.5. The molecular formula is C16H19NO5. The number of benzene rings is 1. The quantitative estimate of drug-likeness (QED) is 0.844. The van der Waals surface area contributed by atoms with Gasteiger partial charge in [0, 0.05) is 12.0 Å². The number of carbonyl (C=O) groups excluding carboxylic acids is 2. The summed E-state index contributed by atoms with van der Waals surface area (Å²) < 4.78 is 5.52. The molecule has 2 unspecified atom stereocenters. The zero-order valence-electron chi connectivity index (χ0n) is 12.8. The van der Waals surface area contributed by atoms with E-state index in [1.165, 1.54) is 11.0 Å². The Labute approximate surface area is 128 Å². The zero-order chi connectivity index (χ0) is 16.4. The zero-order valence-corrected chi connectivity index (χ0v) is 12.8. The molecular weight excluding hydrogens is 286 g/mol. The Morgan fingerprint density at radius 1 is 1.36 bits per heavy atom. The van der Waals surface area contributed by atoms with Crippen LogP contribution in [0.4, 0.5) is 5.69 Å². The Hall–Kier alpha value is -2.37. The Kier molecular flexibility index (Phi) is 4.49. The minimum Gasteiger partial charge on any atom is -0.480 e. The van der Waals surface area contributed by atoms with Gasteiger partial charge >= 0.3 is 5.97 Å². The smallest absolute Gasteiger partial charge is 0.326 e. The molecule has 0 radical (unpaired) electrons. The molecule has 1 aliphatic heterocycles. The van der Waals surface area contributed by atoms with Gasteiger partial charge in [-0.2, -0.15) is 0 Å². The number of rotatable bonds is 5. The van der Waals surface area contributed by atoms with Crippen molar-refractivity contribution in [2.75, 3.05) is 4.90 Å². The molecule has 1 aromatic carbocycles. The fraction of sp³-hybridized carbons (Fsp3) is 0.438. The maximum Gasteiger partial charge on any atom is 0.326 e. The molecule has 118 valence electrons. The molecule has 0 aliphatic carbocycles. The van der Waals surface area contributed by atoms with Crippen LogP contribution in [-0.4, -0.2) is 34.9 Å². The van der Waals surface area contributed by atoms with E-state index in [-0.39, 0.29) is 12.2 Å². The van der Waals surface area contributed by atoms with Gasteiger partial charge in [0.05, 0.1) is 5.69 Å². The number of amides is 1. The number of carboxylic acid groups (broad SMARTS) is 1. The number of aliphatic carboxylic acids is 1. The first kappa shape index (κ1) is 16.0. The van der Waals surface area contributed by atoms with Crippen molar-refractivity contribution < 1.29 is 24.2 Å². The molecule has 0 saturated carbocycles. The van der Waals surface area contributed by atoms with E-state index in [1.54, 1.807) is 32.9 Å². The Bertz CT molecular complexity index is 625. The predicted octanol–water partition coefficient (Wildman–Crippen LogP) is 2.26. The summed E-state index contributed by atoms with van der Waals surface area (Å²) in [5.74, 6) is -1.15. The molecule has 6 heteroatoms. The summed E-state index contributed by atoms with van der Waals surface area (Å²) in [5.41, 5.74) is 0.786. The van der Waals surface area contributed by atoms with E-state index in [9.17, 15) is 19.5 Å². The average Bonchev–Trinajstić information content (AvgIpc) is 2.50. The van der Waals surface area contributed by atoms with Gasteiger partial charge in [0.1, 0.15) is 11.8 Å². The summed E-state index contributed by atoms with van der Waals surface area (Å²) in [6.45, 7) is 5.03. The fourth-order valence-corrected chi connectivity index (χ4v) is 2.53. The number of ketones is 1. The van der Waals surface area contributed by atoms with Gasteiger partial charge in [0.25, 0.3) is 5.91 Å². The van der Waals surface area contributed by atoms with Crippen molar-refractivity contribution in [1.29, 1.82) is 0 Å². The van der Waals surface area contributed by atoms with E-state index < -0.39 is 24.0 Å². The molecule has 0 aromatic heterocycles. The van der Waals surface area contributed by atoms with Crippen molar-refractivity contribution in [1.82, 2.24) is 0 Å². The number of carboxylic acids is 1. The summed E-state index contributed by atoms with van der Waals surface area (Å²) in [6, 6.07) is 3.80. The van der Waals surface area contributed by atoms with Crippen molar-refractivity contribution in [3.63, 3.8) is 0 Å². The van der Waals surface area contributed by atoms with E-state index in [2.05, 4.69) is 0 Å². The number of hydrogen-bond acceptors (Lipinski definition) is 4. The van der Waals surface area contributed by atoms with E-state index >= 15 is 0 Å². The lowest BCUT2D eigenvalue weighted by molar-refractivity contribution is -0.141. The van der Waals surface area contributed by atoms with E-state index in [0.717, 1.165) is 0 Å². The molecule has 1 amide bonds. The number of nitrogens with zero attached hydrogens (tertiary/aromatic N) is 1. The number of Topliss-reactive ketones (excluding diaryl/α,β-unsaturated/α-hetero) is 1. The molecule has 1 aromatic rings. The van der Waals surface area contributed by atoms with E-state index in [0.29, 0.717) is 23.4 Å². The molecule has 0 spiro atoms. The summed E-state index contributed by atoms with van der Waals surface area (Å²) in [7, 11) is 0. The normalized spacial score (nSPS) is 18.4. The summed E-state index contributed by atoms with van der Waals surface area (Å²) in [4.78, 5) is 37.0. The second-order valence-corrected chi connectivity index (χ2v) is 5.19. The molecule has 0 fully saturated rings. The van der Waals surface area contributed by atoms with Gasteiger partial charge < -0.3 is 9.84 Å². The Morgan fingerprint density at radius 2 is 2.05 bits per heavy atom. The first-order valence-electron chi connectivity index (χ1n) is 7.30. The van der Waals surface area contributed by atoms with E-state index in [1.807, 2.05) is 0 Å². The number of hydrogen-bond donors (Lipinski definition) is 1. The van der Waals surface area contributed by atoms with Crippen molar-refractivity contribution in [3.05, 3.63) is 23.8 Å². The average molecular weight is 305 g/mol. The highest BCUT2D eigenvalue weighted by Crippen LogP contribution is 2.37. The second-order valence-electron chi connectivity index (χ2n) is 5.19. The standard InChI is InChI=1S/C16H19NO5/c1-4-11(16(20)21)17-12-8-10(13(18)5-2)6-7-14(12)22-9(3)15(17)19/h6-9,11H,4-5H2,1-3H3,(H,20,21). The highest BCUT2D eigenvalue weighted by molar-refractivity contribution is 6.06. The molecule has 6 nitrogen and oxygen atoms in total.